The number of hydrogen-bond acceptors (Lipinski definition) is 3. The van der Waals surface area contributed by atoms with Crippen LogP contribution in [0.4, 0.5) is 0 Å². The van der Waals surface area contributed by atoms with E-state index in [0.29, 0.717) is 17.0 Å². The summed E-state index contributed by atoms with van der Waals surface area (Å²) in [5.41, 5.74) is 2.02. The molecule has 1 aromatic carbocycles. The van der Waals surface area contributed by atoms with Crippen LogP contribution in [0.5, 0.6) is 0 Å². The number of halogens is 1. The molecule has 1 aliphatic heterocycles. The van der Waals surface area contributed by atoms with E-state index in [2.05, 4.69) is 9.88 Å². The van der Waals surface area contributed by atoms with Crippen LogP contribution in [0.15, 0.2) is 23.0 Å². The number of aliphatic hydroxyl groups excluding tert-OH is 1. The molecule has 5 heteroatoms. The van der Waals surface area contributed by atoms with Crippen molar-refractivity contribution in [2.75, 3.05) is 13.1 Å². The van der Waals surface area contributed by atoms with Crippen LogP contribution in [-0.2, 0) is 13.0 Å². The van der Waals surface area contributed by atoms with Gasteiger partial charge in [-0.15, -0.1) is 0 Å². The third-order valence-electron chi connectivity index (χ3n) is 4.16. The predicted octanol–water partition coefficient (Wildman–Crippen LogP) is 2.31. The van der Waals surface area contributed by atoms with Gasteiger partial charge in [0.2, 0.25) is 0 Å². The number of aryl methyl sites for hydroxylation is 1. The third-order valence-corrected chi connectivity index (χ3v) is 4.40. The Balaban J connectivity index is 2.10. The van der Waals surface area contributed by atoms with Gasteiger partial charge in [-0.2, -0.15) is 0 Å². The first-order valence-corrected chi connectivity index (χ1v) is 7.70. The van der Waals surface area contributed by atoms with E-state index in [0.717, 1.165) is 42.6 Å². The molecule has 1 fully saturated rings. The molecule has 0 amide bonds. The second-order valence-electron chi connectivity index (χ2n) is 5.63. The Bertz CT molecular complexity index is 726. The SMILES string of the molecule is CCc1[nH]c(=O)c2cc(Cl)ccc2c1CN1CC[C@H](O)C1. The summed E-state index contributed by atoms with van der Waals surface area (Å²) in [5, 5.41) is 11.8. The highest BCUT2D eigenvalue weighted by molar-refractivity contribution is 6.31. The van der Waals surface area contributed by atoms with Gasteiger partial charge < -0.3 is 10.1 Å². The van der Waals surface area contributed by atoms with Gasteiger partial charge in [-0.3, -0.25) is 9.69 Å². The first-order valence-electron chi connectivity index (χ1n) is 7.32. The molecule has 0 bridgehead atoms. The summed E-state index contributed by atoms with van der Waals surface area (Å²) in [6, 6.07) is 5.47. The molecule has 3 rings (SSSR count). The van der Waals surface area contributed by atoms with E-state index in [1.54, 1.807) is 6.07 Å². The number of pyridine rings is 1. The maximum atomic E-state index is 12.2. The van der Waals surface area contributed by atoms with Crippen LogP contribution in [-0.4, -0.2) is 34.2 Å². The minimum atomic E-state index is -0.237. The molecule has 1 saturated heterocycles. The van der Waals surface area contributed by atoms with Gasteiger partial charge in [0.05, 0.1) is 6.10 Å². The maximum absolute atomic E-state index is 12.2. The Morgan fingerprint density at radius 2 is 2.24 bits per heavy atom. The molecule has 0 radical (unpaired) electrons. The van der Waals surface area contributed by atoms with Crippen molar-refractivity contribution in [1.29, 1.82) is 0 Å². The summed E-state index contributed by atoms with van der Waals surface area (Å²) in [7, 11) is 0. The number of rotatable bonds is 3. The van der Waals surface area contributed by atoms with Gasteiger partial charge in [-0.05, 0) is 35.9 Å². The van der Waals surface area contributed by atoms with Crippen LogP contribution in [0.25, 0.3) is 10.8 Å². The monoisotopic (exact) mass is 306 g/mol. The molecule has 2 heterocycles. The molecular weight excluding hydrogens is 288 g/mol. The molecule has 0 saturated carbocycles. The van der Waals surface area contributed by atoms with E-state index in [9.17, 15) is 9.90 Å². The maximum Gasteiger partial charge on any atom is 0.256 e. The topological polar surface area (TPSA) is 56.3 Å². The highest BCUT2D eigenvalue weighted by atomic mass is 35.5. The number of aliphatic hydroxyl groups is 1. The van der Waals surface area contributed by atoms with Gasteiger partial charge in [0.15, 0.2) is 0 Å². The van der Waals surface area contributed by atoms with Crippen LogP contribution < -0.4 is 5.56 Å². The smallest absolute Gasteiger partial charge is 0.256 e. The van der Waals surface area contributed by atoms with Gasteiger partial charge in [0.1, 0.15) is 0 Å². The molecule has 1 aromatic heterocycles. The average Bonchev–Trinajstić information content (AvgIpc) is 2.87. The largest absolute Gasteiger partial charge is 0.392 e. The van der Waals surface area contributed by atoms with Crippen molar-refractivity contribution in [2.24, 2.45) is 0 Å². The minimum Gasteiger partial charge on any atom is -0.392 e. The molecule has 4 nitrogen and oxygen atoms in total. The molecule has 0 spiro atoms. The van der Waals surface area contributed by atoms with Crippen molar-refractivity contribution < 1.29 is 5.11 Å². The summed E-state index contributed by atoms with van der Waals surface area (Å²) >= 11 is 6.01. The molecule has 1 atom stereocenters. The standard InChI is InChI=1S/C16H19ClN2O2/c1-2-15-14(9-19-6-5-11(20)8-19)12-4-3-10(17)7-13(12)16(21)18-15/h3-4,7,11,20H,2,5-6,8-9H2,1H3,(H,18,21)/t11-/m0/s1. The Kier molecular flexibility index (Phi) is 4.02. The molecule has 1 aliphatic rings. The first-order chi connectivity index (χ1) is 10.1. The zero-order chi connectivity index (χ0) is 15.0. The third kappa shape index (κ3) is 2.84. The Hall–Kier alpha value is -1.36. The van der Waals surface area contributed by atoms with Gasteiger partial charge in [0, 0.05) is 35.7 Å². The predicted molar refractivity (Wildman–Crippen MR) is 84.9 cm³/mol. The number of nitrogens with zero attached hydrogens (tertiary/aromatic N) is 1. The van der Waals surface area contributed by atoms with Crippen LogP contribution in [0, 0.1) is 0 Å². The van der Waals surface area contributed by atoms with Crippen molar-refractivity contribution in [3.05, 3.63) is 44.8 Å². The van der Waals surface area contributed by atoms with Crippen LogP contribution in [0.3, 0.4) is 0 Å². The van der Waals surface area contributed by atoms with Crippen LogP contribution in [0.2, 0.25) is 5.02 Å². The van der Waals surface area contributed by atoms with Crippen molar-refractivity contribution in [1.82, 2.24) is 9.88 Å². The van der Waals surface area contributed by atoms with Gasteiger partial charge in [0.25, 0.3) is 5.56 Å². The van der Waals surface area contributed by atoms with E-state index >= 15 is 0 Å². The Morgan fingerprint density at radius 3 is 2.90 bits per heavy atom. The number of hydrogen-bond donors (Lipinski definition) is 2. The lowest BCUT2D eigenvalue weighted by Crippen LogP contribution is -2.24. The summed E-state index contributed by atoms with van der Waals surface area (Å²) in [5.74, 6) is 0. The second-order valence-corrected chi connectivity index (χ2v) is 6.07. The normalized spacial score (nSPS) is 19.5. The summed E-state index contributed by atoms with van der Waals surface area (Å²) in [6.45, 7) is 4.36. The molecule has 0 aliphatic carbocycles. The lowest BCUT2D eigenvalue weighted by Gasteiger charge is -2.19. The summed E-state index contributed by atoms with van der Waals surface area (Å²) < 4.78 is 0. The lowest BCUT2D eigenvalue weighted by atomic mass is 10.0. The number of β-amino-alcohol motifs (C(OH)–C–C–N with tert-alkyl or cyclic N) is 1. The highest BCUT2D eigenvalue weighted by Gasteiger charge is 2.22. The van der Waals surface area contributed by atoms with Gasteiger partial charge in [-0.1, -0.05) is 24.6 Å². The van der Waals surface area contributed by atoms with E-state index < -0.39 is 0 Å². The fraction of sp³-hybridized carbons (Fsp3) is 0.438. The Morgan fingerprint density at radius 1 is 1.43 bits per heavy atom. The number of fused-ring (bicyclic) bond motifs is 1. The van der Waals surface area contributed by atoms with Crippen molar-refractivity contribution in [3.63, 3.8) is 0 Å². The van der Waals surface area contributed by atoms with Crippen molar-refractivity contribution in [2.45, 2.75) is 32.4 Å². The zero-order valence-corrected chi connectivity index (χ0v) is 12.8. The number of aromatic nitrogens is 1. The van der Waals surface area contributed by atoms with Crippen LogP contribution >= 0.6 is 11.6 Å². The molecule has 2 aromatic rings. The van der Waals surface area contributed by atoms with E-state index in [1.807, 2.05) is 19.1 Å². The van der Waals surface area contributed by atoms with Crippen molar-refractivity contribution in [3.8, 4) is 0 Å². The number of benzene rings is 1. The van der Waals surface area contributed by atoms with Crippen LogP contribution in [0.1, 0.15) is 24.6 Å². The lowest BCUT2D eigenvalue weighted by molar-refractivity contribution is 0.175. The number of aromatic amines is 1. The number of likely N-dealkylation sites (tertiary alicyclic amines) is 1. The summed E-state index contributed by atoms with van der Waals surface area (Å²) in [6.07, 6.45) is 1.35. The molecule has 2 N–H and O–H groups in total. The van der Waals surface area contributed by atoms with E-state index in [-0.39, 0.29) is 11.7 Å². The zero-order valence-electron chi connectivity index (χ0n) is 12.0. The molecule has 112 valence electrons. The quantitative estimate of drug-likeness (QED) is 0.915. The van der Waals surface area contributed by atoms with Crippen molar-refractivity contribution >= 4 is 22.4 Å². The molecule has 0 unspecified atom stereocenters. The first kappa shape index (κ1) is 14.6. The van der Waals surface area contributed by atoms with E-state index in [4.69, 9.17) is 11.6 Å². The highest BCUT2D eigenvalue weighted by Crippen LogP contribution is 2.24. The van der Waals surface area contributed by atoms with Gasteiger partial charge >= 0.3 is 0 Å². The molecule has 21 heavy (non-hydrogen) atoms. The number of nitrogens with one attached hydrogen (secondary N) is 1. The van der Waals surface area contributed by atoms with E-state index in [1.165, 1.54) is 0 Å². The fourth-order valence-corrected chi connectivity index (χ4v) is 3.24. The number of H-pyrrole nitrogens is 1. The Labute approximate surface area is 128 Å². The van der Waals surface area contributed by atoms with Gasteiger partial charge in [-0.25, -0.2) is 0 Å². The fourth-order valence-electron chi connectivity index (χ4n) is 3.07. The minimum absolute atomic E-state index is 0.0884. The average molecular weight is 307 g/mol. The summed E-state index contributed by atoms with van der Waals surface area (Å²) in [4.78, 5) is 17.4. The molecular formula is C16H19ClN2O2. The second kappa shape index (κ2) is 5.79.